The number of amides is 1. The number of benzene rings is 1. The molecule has 1 atom stereocenters. The standard InChI is InChI=1S/C18H18FIN4O2/c1-18(19,20)11-26-15-9-5-6-12(22-15)10-21-17(25)16-13-7-3-4-8-14(13)23-24(16)2/h3-9H,10-11H2,1-2H3,(H,21,25). The SMILES string of the molecule is Cn1nc2ccccc2c1C(=O)NCc1cccc(OCC(C)(F)I)n1. The fourth-order valence-corrected chi connectivity index (χ4v) is 2.66. The maximum atomic E-state index is 13.5. The summed E-state index contributed by atoms with van der Waals surface area (Å²) in [6.07, 6.45) is 0. The molecule has 2 aromatic heterocycles. The van der Waals surface area contributed by atoms with Crippen molar-refractivity contribution in [3.05, 3.63) is 53.9 Å². The molecule has 0 saturated carbocycles. The summed E-state index contributed by atoms with van der Waals surface area (Å²) < 4.78 is 19.0. The number of nitrogens with zero attached hydrogens (tertiary/aromatic N) is 3. The van der Waals surface area contributed by atoms with Crippen LogP contribution in [-0.4, -0.2) is 31.0 Å². The molecule has 3 aromatic rings. The molecule has 26 heavy (non-hydrogen) atoms. The van der Waals surface area contributed by atoms with Crippen LogP contribution in [0.25, 0.3) is 10.9 Å². The molecule has 0 spiro atoms. The Morgan fingerprint density at radius 2 is 2.08 bits per heavy atom. The van der Waals surface area contributed by atoms with Crippen LogP contribution in [0.3, 0.4) is 0 Å². The fraction of sp³-hybridized carbons (Fsp3) is 0.278. The molecule has 1 N–H and O–H groups in total. The first-order valence-corrected chi connectivity index (χ1v) is 9.08. The lowest BCUT2D eigenvalue weighted by Gasteiger charge is -2.13. The highest BCUT2D eigenvalue weighted by atomic mass is 127. The summed E-state index contributed by atoms with van der Waals surface area (Å²) in [7, 11) is 1.74. The number of pyridine rings is 1. The van der Waals surface area contributed by atoms with E-state index in [-0.39, 0.29) is 19.1 Å². The number of aromatic nitrogens is 3. The van der Waals surface area contributed by atoms with Gasteiger partial charge >= 0.3 is 0 Å². The van der Waals surface area contributed by atoms with Crippen LogP contribution in [0.15, 0.2) is 42.5 Å². The number of halogens is 2. The van der Waals surface area contributed by atoms with Crippen LogP contribution >= 0.6 is 22.6 Å². The van der Waals surface area contributed by atoms with E-state index in [1.807, 2.05) is 24.3 Å². The number of hydrogen-bond donors (Lipinski definition) is 1. The first kappa shape index (κ1) is 18.6. The zero-order chi connectivity index (χ0) is 18.7. The van der Waals surface area contributed by atoms with Gasteiger partial charge in [0.2, 0.25) is 5.88 Å². The molecule has 0 aliphatic carbocycles. The van der Waals surface area contributed by atoms with Crippen molar-refractivity contribution in [3.8, 4) is 5.88 Å². The topological polar surface area (TPSA) is 69.0 Å². The second kappa shape index (κ2) is 7.56. The van der Waals surface area contributed by atoms with Crippen LogP contribution in [0.5, 0.6) is 5.88 Å². The molecule has 8 heteroatoms. The van der Waals surface area contributed by atoms with E-state index in [2.05, 4.69) is 15.4 Å². The van der Waals surface area contributed by atoms with Gasteiger partial charge in [-0.3, -0.25) is 9.48 Å². The Kier molecular flexibility index (Phi) is 5.40. The van der Waals surface area contributed by atoms with Crippen LogP contribution in [0.2, 0.25) is 0 Å². The predicted octanol–water partition coefficient (Wildman–Crippen LogP) is 3.40. The van der Waals surface area contributed by atoms with E-state index < -0.39 is 3.68 Å². The first-order valence-electron chi connectivity index (χ1n) is 8.00. The molecule has 0 aliphatic heterocycles. The normalized spacial score (nSPS) is 13.4. The lowest BCUT2D eigenvalue weighted by molar-refractivity contribution is 0.0942. The van der Waals surface area contributed by atoms with Crippen molar-refractivity contribution in [3.63, 3.8) is 0 Å². The van der Waals surface area contributed by atoms with Crippen LogP contribution in [0, 0.1) is 0 Å². The molecular formula is C18H18FIN4O2. The zero-order valence-corrected chi connectivity index (χ0v) is 16.5. The Morgan fingerprint density at radius 1 is 1.31 bits per heavy atom. The van der Waals surface area contributed by atoms with Gasteiger partial charge in [-0.1, -0.05) is 24.3 Å². The average molecular weight is 468 g/mol. The monoisotopic (exact) mass is 468 g/mol. The second-order valence-corrected chi connectivity index (χ2v) is 8.25. The maximum Gasteiger partial charge on any atom is 0.270 e. The summed E-state index contributed by atoms with van der Waals surface area (Å²) >= 11 is 1.67. The van der Waals surface area contributed by atoms with Gasteiger partial charge in [0, 0.05) is 18.5 Å². The zero-order valence-electron chi connectivity index (χ0n) is 14.4. The molecule has 1 unspecified atom stereocenters. The number of rotatable bonds is 6. The van der Waals surface area contributed by atoms with E-state index in [1.54, 1.807) is 52.5 Å². The third-order valence-corrected chi connectivity index (χ3v) is 3.95. The van der Waals surface area contributed by atoms with Crippen molar-refractivity contribution in [2.75, 3.05) is 6.61 Å². The smallest absolute Gasteiger partial charge is 0.270 e. The molecule has 0 radical (unpaired) electrons. The number of alkyl halides is 2. The van der Waals surface area contributed by atoms with Gasteiger partial charge < -0.3 is 10.1 Å². The van der Waals surface area contributed by atoms with Gasteiger partial charge in [-0.2, -0.15) is 5.10 Å². The van der Waals surface area contributed by atoms with Gasteiger partial charge in [-0.25, -0.2) is 9.37 Å². The fourth-order valence-electron chi connectivity index (χ4n) is 2.51. The summed E-state index contributed by atoms with van der Waals surface area (Å²) in [5.41, 5.74) is 1.88. The highest BCUT2D eigenvalue weighted by molar-refractivity contribution is 14.1. The lowest BCUT2D eigenvalue weighted by Crippen LogP contribution is -2.26. The number of carbonyl (C=O) groups excluding carboxylic acids is 1. The molecule has 136 valence electrons. The average Bonchev–Trinajstić information content (AvgIpc) is 2.93. The molecule has 0 saturated heterocycles. The minimum atomic E-state index is -1.47. The highest BCUT2D eigenvalue weighted by Gasteiger charge is 2.19. The van der Waals surface area contributed by atoms with Crippen LogP contribution < -0.4 is 10.1 Å². The Balaban J connectivity index is 1.69. The van der Waals surface area contributed by atoms with E-state index in [9.17, 15) is 9.18 Å². The predicted molar refractivity (Wildman–Crippen MR) is 105 cm³/mol. The van der Waals surface area contributed by atoms with E-state index in [1.165, 1.54) is 6.92 Å². The lowest BCUT2D eigenvalue weighted by atomic mass is 10.2. The third kappa shape index (κ3) is 4.48. The van der Waals surface area contributed by atoms with Gasteiger partial charge in [0.05, 0.1) is 17.8 Å². The summed E-state index contributed by atoms with van der Waals surface area (Å²) in [6.45, 7) is 1.56. The maximum absolute atomic E-state index is 13.5. The molecule has 0 fully saturated rings. The molecule has 2 heterocycles. The van der Waals surface area contributed by atoms with Crippen molar-refractivity contribution in [2.24, 2.45) is 7.05 Å². The summed E-state index contributed by atoms with van der Waals surface area (Å²) in [5.74, 6) is 0.0844. The Labute approximate surface area is 163 Å². The summed E-state index contributed by atoms with van der Waals surface area (Å²) in [5, 5.41) is 7.97. The number of ether oxygens (including phenoxy) is 1. The Bertz CT molecular complexity index is 936. The van der Waals surface area contributed by atoms with Crippen LogP contribution in [0.1, 0.15) is 23.1 Å². The van der Waals surface area contributed by atoms with Crippen molar-refractivity contribution >= 4 is 39.4 Å². The van der Waals surface area contributed by atoms with Crippen LogP contribution in [0.4, 0.5) is 4.39 Å². The number of nitrogens with one attached hydrogen (secondary N) is 1. The van der Waals surface area contributed by atoms with Crippen molar-refractivity contribution in [1.29, 1.82) is 0 Å². The van der Waals surface area contributed by atoms with Crippen molar-refractivity contribution in [1.82, 2.24) is 20.1 Å². The summed E-state index contributed by atoms with van der Waals surface area (Å²) in [6, 6.07) is 12.7. The first-order chi connectivity index (χ1) is 12.3. The second-order valence-electron chi connectivity index (χ2n) is 6.00. The van der Waals surface area contributed by atoms with Gasteiger partial charge in [0.25, 0.3) is 5.91 Å². The van der Waals surface area contributed by atoms with Crippen molar-refractivity contribution < 1.29 is 13.9 Å². The molecule has 3 rings (SSSR count). The van der Waals surface area contributed by atoms with E-state index >= 15 is 0 Å². The molecule has 0 aliphatic rings. The number of carbonyl (C=O) groups is 1. The van der Waals surface area contributed by atoms with E-state index in [0.29, 0.717) is 17.3 Å². The van der Waals surface area contributed by atoms with Crippen molar-refractivity contribution in [2.45, 2.75) is 17.1 Å². The highest BCUT2D eigenvalue weighted by Crippen LogP contribution is 2.21. The minimum absolute atomic E-state index is 0.0998. The Hall–Kier alpha value is -2.23. The largest absolute Gasteiger partial charge is 0.473 e. The molecule has 0 bridgehead atoms. The van der Waals surface area contributed by atoms with E-state index in [4.69, 9.17) is 4.74 Å². The van der Waals surface area contributed by atoms with Gasteiger partial charge in [0.15, 0.2) is 3.68 Å². The van der Waals surface area contributed by atoms with E-state index in [0.717, 1.165) is 10.9 Å². The summed E-state index contributed by atoms with van der Waals surface area (Å²) in [4.78, 5) is 16.9. The molecule has 1 aromatic carbocycles. The molecule has 1 amide bonds. The van der Waals surface area contributed by atoms with Crippen LogP contribution in [-0.2, 0) is 13.6 Å². The number of fused-ring (bicyclic) bond motifs is 1. The number of hydrogen-bond acceptors (Lipinski definition) is 4. The Morgan fingerprint density at radius 3 is 2.85 bits per heavy atom. The van der Waals surface area contributed by atoms with Gasteiger partial charge in [-0.05, 0) is 41.6 Å². The molecule has 6 nitrogen and oxygen atoms in total. The molecular weight excluding hydrogens is 450 g/mol. The van der Waals surface area contributed by atoms with Gasteiger partial charge in [-0.15, -0.1) is 0 Å². The number of aryl methyl sites for hydroxylation is 1. The minimum Gasteiger partial charge on any atom is -0.473 e. The quantitative estimate of drug-likeness (QED) is 0.445. The van der Waals surface area contributed by atoms with Gasteiger partial charge in [0.1, 0.15) is 12.3 Å². The third-order valence-electron chi connectivity index (χ3n) is 3.64.